The Balaban J connectivity index is 2.56. The van der Waals surface area contributed by atoms with Crippen LogP contribution in [0.4, 0.5) is 0 Å². The second kappa shape index (κ2) is 6.91. The minimum atomic E-state index is -0.314. The molecule has 1 rings (SSSR count). The first-order chi connectivity index (χ1) is 8.13. The van der Waals surface area contributed by atoms with Crippen molar-refractivity contribution in [3.05, 3.63) is 29.8 Å². The average molecular weight is 237 g/mol. The third kappa shape index (κ3) is 4.87. The topological polar surface area (TPSA) is 38.8 Å². The smallest absolute Gasteiger partial charge is 0.338 e. The third-order valence-electron chi connectivity index (χ3n) is 2.15. The van der Waals surface area contributed by atoms with Crippen molar-refractivity contribution in [3.63, 3.8) is 0 Å². The summed E-state index contributed by atoms with van der Waals surface area (Å²) in [5.74, 6) is 0.378. The molecule has 1 aromatic rings. The van der Waals surface area contributed by atoms with Crippen molar-refractivity contribution in [2.75, 3.05) is 33.9 Å². The van der Waals surface area contributed by atoms with Crippen molar-refractivity contribution < 1.29 is 14.3 Å². The molecule has 0 aliphatic heterocycles. The molecule has 0 unspecified atom stereocenters. The van der Waals surface area contributed by atoms with Crippen molar-refractivity contribution in [1.82, 2.24) is 4.90 Å². The maximum Gasteiger partial charge on any atom is 0.338 e. The van der Waals surface area contributed by atoms with Crippen LogP contribution >= 0.6 is 0 Å². The molecular weight excluding hydrogens is 218 g/mol. The number of hydrogen-bond acceptors (Lipinski definition) is 4. The van der Waals surface area contributed by atoms with Gasteiger partial charge in [-0.3, -0.25) is 0 Å². The van der Waals surface area contributed by atoms with Gasteiger partial charge in [0.2, 0.25) is 0 Å². The van der Waals surface area contributed by atoms with Crippen LogP contribution in [0.25, 0.3) is 0 Å². The number of carbonyl (C=O) groups is 1. The van der Waals surface area contributed by atoms with Gasteiger partial charge >= 0.3 is 5.97 Å². The van der Waals surface area contributed by atoms with E-state index in [4.69, 9.17) is 9.47 Å². The van der Waals surface area contributed by atoms with Gasteiger partial charge < -0.3 is 14.4 Å². The fourth-order valence-corrected chi connectivity index (χ4v) is 1.27. The summed E-state index contributed by atoms with van der Waals surface area (Å²) in [5.41, 5.74) is 0.522. The van der Waals surface area contributed by atoms with Gasteiger partial charge in [0.15, 0.2) is 0 Å². The highest BCUT2D eigenvalue weighted by Gasteiger charge is 2.06. The lowest BCUT2D eigenvalue weighted by Gasteiger charge is -2.11. The Morgan fingerprint density at radius 2 is 2.12 bits per heavy atom. The Bertz CT molecular complexity index is 363. The molecule has 94 valence electrons. The van der Waals surface area contributed by atoms with Crippen molar-refractivity contribution in [2.24, 2.45) is 0 Å². The van der Waals surface area contributed by atoms with Crippen LogP contribution in [0.15, 0.2) is 24.3 Å². The standard InChI is InChI=1S/C13H19NO3/c1-4-16-13(15)11-6-5-7-12(10-11)17-9-8-14(2)3/h5-7,10H,4,8-9H2,1-3H3. The van der Waals surface area contributed by atoms with Gasteiger partial charge in [-0.2, -0.15) is 0 Å². The molecule has 0 aliphatic rings. The van der Waals surface area contributed by atoms with E-state index in [1.165, 1.54) is 0 Å². The summed E-state index contributed by atoms with van der Waals surface area (Å²) in [6, 6.07) is 7.04. The zero-order chi connectivity index (χ0) is 12.7. The Labute approximate surface area is 102 Å². The number of esters is 1. The maximum absolute atomic E-state index is 11.5. The number of benzene rings is 1. The normalized spacial score (nSPS) is 10.4. The van der Waals surface area contributed by atoms with E-state index in [2.05, 4.69) is 0 Å². The summed E-state index contributed by atoms with van der Waals surface area (Å²) in [6.45, 7) is 3.60. The van der Waals surface area contributed by atoms with Crippen molar-refractivity contribution in [2.45, 2.75) is 6.92 Å². The van der Waals surface area contributed by atoms with Gasteiger partial charge in [-0.05, 0) is 39.2 Å². The van der Waals surface area contributed by atoms with Crippen molar-refractivity contribution in [1.29, 1.82) is 0 Å². The molecule has 0 amide bonds. The quantitative estimate of drug-likeness (QED) is 0.707. The Hall–Kier alpha value is -1.55. The van der Waals surface area contributed by atoms with E-state index in [9.17, 15) is 4.79 Å². The molecule has 0 spiro atoms. The van der Waals surface area contributed by atoms with Gasteiger partial charge in [-0.1, -0.05) is 6.07 Å². The van der Waals surface area contributed by atoms with E-state index >= 15 is 0 Å². The lowest BCUT2D eigenvalue weighted by Crippen LogP contribution is -2.19. The fourth-order valence-electron chi connectivity index (χ4n) is 1.27. The first kappa shape index (κ1) is 13.5. The Morgan fingerprint density at radius 1 is 1.35 bits per heavy atom. The number of nitrogens with zero attached hydrogens (tertiary/aromatic N) is 1. The van der Waals surface area contributed by atoms with Gasteiger partial charge in [0.05, 0.1) is 12.2 Å². The Morgan fingerprint density at radius 3 is 2.76 bits per heavy atom. The van der Waals surface area contributed by atoms with Gasteiger partial charge in [-0.25, -0.2) is 4.79 Å². The molecule has 0 fully saturated rings. The van der Waals surface area contributed by atoms with Gasteiger partial charge in [-0.15, -0.1) is 0 Å². The molecule has 0 atom stereocenters. The highest BCUT2D eigenvalue weighted by Crippen LogP contribution is 2.14. The first-order valence-corrected chi connectivity index (χ1v) is 5.68. The zero-order valence-electron chi connectivity index (χ0n) is 10.6. The summed E-state index contributed by atoms with van der Waals surface area (Å²) in [5, 5.41) is 0. The first-order valence-electron chi connectivity index (χ1n) is 5.68. The summed E-state index contributed by atoms with van der Waals surface area (Å²) >= 11 is 0. The molecular formula is C13H19NO3. The molecule has 4 heteroatoms. The SMILES string of the molecule is CCOC(=O)c1cccc(OCCN(C)C)c1. The van der Waals surface area contributed by atoms with Crippen LogP contribution in [0.3, 0.4) is 0 Å². The summed E-state index contributed by atoms with van der Waals surface area (Å²) in [7, 11) is 3.97. The number of carbonyl (C=O) groups excluding carboxylic acids is 1. The number of rotatable bonds is 6. The van der Waals surface area contributed by atoms with E-state index in [1.54, 1.807) is 25.1 Å². The molecule has 1 aromatic carbocycles. The highest BCUT2D eigenvalue weighted by atomic mass is 16.5. The lowest BCUT2D eigenvalue weighted by molar-refractivity contribution is 0.0526. The molecule has 0 saturated heterocycles. The molecule has 0 radical (unpaired) electrons. The van der Waals surface area contributed by atoms with Crippen LogP contribution in [-0.4, -0.2) is 44.7 Å². The highest BCUT2D eigenvalue weighted by molar-refractivity contribution is 5.89. The monoisotopic (exact) mass is 237 g/mol. The van der Waals surface area contributed by atoms with Crippen LogP contribution in [0.2, 0.25) is 0 Å². The zero-order valence-corrected chi connectivity index (χ0v) is 10.6. The molecule has 0 saturated carbocycles. The van der Waals surface area contributed by atoms with Crippen LogP contribution in [0.5, 0.6) is 5.75 Å². The predicted molar refractivity (Wildman–Crippen MR) is 66.4 cm³/mol. The van der Waals surface area contributed by atoms with Crippen molar-refractivity contribution in [3.8, 4) is 5.75 Å². The molecule has 17 heavy (non-hydrogen) atoms. The van der Waals surface area contributed by atoms with E-state index in [-0.39, 0.29) is 5.97 Å². The van der Waals surface area contributed by atoms with Crippen molar-refractivity contribution >= 4 is 5.97 Å². The van der Waals surface area contributed by atoms with Crippen LogP contribution in [-0.2, 0) is 4.74 Å². The molecule has 0 heterocycles. The second-order valence-corrected chi connectivity index (χ2v) is 3.90. The van der Waals surface area contributed by atoms with Gasteiger partial charge in [0, 0.05) is 6.54 Å². The molecule has 0 aliphatic carbocycles. The van der Waals surface area contributed by atoms with Crippen LogP contribution in [0, 0.1) is 0 Å². The maximum atomic E-state index is 11.5. The van der Waals surface area contributed by atoms with E-state index in [0.29, 0.717) is 24.5 Å². The van der Waals surface area contributed by atoms with Gasteiger partial charge in [0.1, 0.15) is 12.4 Å². The van der Waals surface area contributed by atoms with E-state index in [1.807, 2.05) is 25.1 Å². The number of likely N-dealkylation sites (N-methyl/N-ethyl adjacent to an activating group) is 1. The third-order valence-corrected chi connectivity index (χ3v) is 2.15. The fraction of sp³-hybridized carbons (Fsp3) is 0.462. The number of ether oxygens (including phenoxy) is 2. The summed E-state index contributed by atoms with van der Waals surface area (Å²) < 4.78 is 10.5. The minimum absolute atomic E-state index is 0.314. The predicted octanol–water partition coefficient (Wildman–Crippen LogP) is 1.80. The van der Waals surface area contributed by atoms with Crippen LogP contribution in [0.1, 0.15) is 17.3 Å². The van der Waals surface area contributed by atoms with E-state index < -0.39 is 0 Å². The van der Waals surface area contributed by atoms with E-state index in [0.717, 1.165) is 6.54 Å². The average Bonchev–Trinajstić information content (AvgIpc) is 2.29. The largest absolute Gasteiger partial charge is 0.492 e. The summed E-state index contributed by atoms with van der Waals surface area (Å²) in [6.07, 6.45) is 0. The molecule has 4 nitrogen and oxygen atoms in total. The molecule has 0 bridgehead atoms. The lowest BCUT2D eigenvalue weighted by atomic mass is 10.2. The summed E-state index contributed by atoms with van der Waals surface area (Å²) in [4.78, 5) is 13.5. The van der Waals surface area contributed by atoms with Gasteiger partial charge in [0.25, 0.3) is 0 Å². The second-order valence-electron chi connectivity index (χ2n) is 3.90. The molecule has 0 aromatic heterocycles. The molecule has 0 N–H and O–H groups in total. The Kier molecular flexibility index (Phi) is 5.49. The number of hydrogen-bond donors (Lipinski definition) is 0. The van der Waals surface area contributed by atoms with Crippen LogP contribution < -0.4 is 4.74 Å². The minimum Gasteiger partial charge on any atom is -0.492 e.